The fourth-order valence-electron chi connectivity index (χ4n) is 3.34. The smallest absolute Gasteiger partial charge is 0.253 e. The molecular weight excluding hydrogens is 394 g/mol. The number of hydrogen-bond donors (Lipinski definition) is 1. The van der Waals surface area contributed by atoms with Crippen LogP contribution in [0.1, 0.15) is 22.5 Å². The third-order valence-corrected chi connectivity index (χ3v) is 6.85. The molecule has 156 valence electrons. The number of likely N-dealkylation sites (N-methyl/N-ethyl adjacent to an activating group) is 2. The van der Waals surface area contributed by atoms with Crippen LogP contribution >= 0.6 is 0 Å². The highest BCUT2D eigenvalue weighted by Crippen LogP contribution is 2.21. The molecular formula is C20H25N3O5S. The minimum atomic E-state index is -3.02. The Morgan fingerprint density at radius 2 is 1.93 bits per heavy atom. The number of anilines is 1. The van der Waals surface area contributed by atoms with Crippen LogP contribution in [0, 0.1) is 0 Å². The number of nitrogens with one attached hydrogen (secondary N) is 1. The molecule has 0 aliphatic carbocycles. The van der Waals surface area contributed by atoms with Crippen molar-refractivity contribution in [2.24, 2.45) is 0 Å². The molecule has 0 spiro atoms. The van der Waals surface area contributed by atoms with E-state index in [0.29, 0.717) is 23.4 Å². The van der Waals surface area contributed by atoms with E-state index in [1.165, 1.54) is 11.2 Å². The van der Waals surface area contributed by atoms with Gasteiger partial charge in [0, 0.05) is 13.1 Å². The number of rotatable bonds is 7. The largest absolute Gasteiger partial charge is 0.467 e. The lowest BCUT2D eigenvalue weighted by Gasteiger charge is -2.26. The molecule has 1 atom stereocenters. The Labute approximate surface area is 170 Å². The Bertz CT molecular complexity index is 972. The standard InChI is InChI=1S/C20H25N3O5S/c1-22(15-9-11-29(26,27)14-15)13-19(24)23(2)18-8-4-3-7-17(18)20(25)21-12-16-6-5-10-28-16/h3-8,10,15H,9,11-14H2,1-2H3,(H,21,25). The van der Waals surface area contributed by atoms with Crippen molar-refractivity contribution in [2.75, 3.05) is 37.0 Å². The van der Waals surface area contributed by atoms with Gasteiger partial charge in [-0.25, -0.2) is 8.42 Å². The van der Waals surface area contributed by atoms with Gasteiger partial charge >= 0.3 is 0 Å². The molecule has 1 aromatic heterocycles. The first-order valence-electron chi connectivity index (χ1n) is 9.33. The molecule has 29 heavy (non-hydrogen) atoms. The van der Waals surface area contributed by atoms with Crippen molar-refractivity contribution >= 4 is 27.3 Å². The number of para-hydroxylation sites is 1. The van der Waals surface area contributed by atoms with Gasteiger partial charge in [0.1, 0.15) is 5.76 Å². The SMILES string of the molecule is CN(C(=O)CN(C)C1CCS(=O)(=O)C1)c1ccccc1C(=O)NCc1ccco1. The summed E-state index contributed by atoms with van der Waals surface area (Å²) >= 11 is 0. The first-order valence-corrected chi connectivity index (χ1v) is 11.2. The maximum absolute atomic E-state index is 12.8. The average molecular weight is 420 g/mol. The average Bonchev–Trinajstić information content (AvgIpc) is 3.34. The van der Waals surface area contributed by atoms with Crippen LogP contribution in [0.4, 0.5) is 5.69 Å². The van der Waals surface area contributed by atoms with Crippen molar-refractivity contribution in [1.82, 2.24) is 10.2 Å². The van der Waals surface area contributed by atoms with E-state index in [4.69, 9.17) is 4.42 Å². The van der Waals surface area contributed by atoms with Crippen LogP contribution in [-0.2, 0) is 21.2 Å². The van der Waals surface area contributed by atoms with E-state index in [2.05, 4.69) is 5.32 Å². The molecule has 2 heterocycles. The first kappa shape index (κ1) is 21.1. The van der Waals surface area contributed by atoms with Crippen molar-refractivity contribution in [3.63, 3.8) is 0 Å². The molecule has 0 bridgehead atoms. The van der Waals surface area contributed by atoms with Crippen LogP contribution in [0.25, 0.3) is 0 Å². The molecule has 1 aromatic carbocycles. The number of hydrogen-bond acceptors (Lipinski definition) is 6. The van der Waals surface area contributed by atoms with E-state index < -0.39 is 9.84 Å². The summed E-state index contributed by atoms with van der Waals surface area (Å²) in [6.07, 6.45) is 2.07. The number of nitrogens with zero attached hydrogens (tertiary/aromatic N) is 2. The van der Waals surface area contributed by atoms with Gasteiger partial charge in [0.25, 0.3) is 5.91 Å². The Morgan fingerprint density at radius 1 is 1.17 bits per heavy atom. The second kappa shape index (κ2) is 8.79. The summed E-state index contributed by atoms with van der Waals surface area (Å²) in [6, 6.07) is 10.2. The zero-order valence-electron chi connectivity index (χ0n) is 16.5. The summed E-state index contributed by atoms with van der Waals surface area (Å²) in [5, 5.41) is 2.78. The van der Waals surface area contributed by atoms with Crippen LogP contribution in [-0.4, -0.2) is 63.3 Å². The van der Waals surface area contributed by atoms with E-state index in [1.54, 1.807) is 55.4 Å². The minimum Gasteiger partial charge on any atom is -0.467 e. The Kier molecular flexibility index (Phi) is 6.39. The first-order chi connectivity index (χ1) is 13.8. The third kappa shape index (κ3) is 5.24. The van der Waals surface area contributed by atoms with Crippen LogP contribution in [0.3, 0.4) is 0 Å². The maximum atomic E-state index is 12.8. The predicted octanol–water partition coefficient (Wildman–Crippen LogP) is 1.29. The summed E-state index contributed by atoms with van der Waals surface area (Å²) in [5.41, 5.74) is 0.864. The maximum Gasteiger partial charge on any atom is 0.253 e. The second-order valence-corrected chi connectivity index (χ2v) is 9.43. The summed E-state index contributed by atoms with van der Waals surface area (Å²) in [4.78, 5) is 28.6. The minimum absolute atomic E-state index is 0.0685. The van der Waals surface area contributed by atoms with Gasteiger partial charge in [0.15, 0.2) is 9.84 Å². The van der Waals surface area contributed by atoms with Crippen LogP contribution in [0.2, 0.25) is 0 Å². The molecule has 2 aromatic rings. The van der Waals surface area contributed by atoms with Crippen molar-refractivity contribution in [3.05, 3.63) is 54.0 Å². The van der Waals surface area contributed by atoms with Gasteiger partial charge in [-0.1, -0.05) is 12.1 Å². The van der Waals surface area contributed by atoms with Gasteiger partial charge < -0.3 is 14.6 Å². The number of carbonyl (C=O) groups is 2. The number of benzene rings is 1. The molecule has 1 saturated heterocycles. The Hall–Kier alpha value is -2.65. The van der Waals surface area contributed by atoms with Gasteiger partial charge in [-0.05, 0) is 37.7 Å². The summed E-state index contributed by atoms with van der Waals surface area (Å²) < 4.78 is 28.6. The second-order valence-electron chi connectivity index (χ2n) is 7.20. The number of sulfone groups is 1. The molecule has 3 rings (SSSR count). The third-order valence-electron chi connectivity index (χ3n) is 5.10. The molecule has 1 aliphatic heterocycles. The normalized spacial score (nSPS) is 18.0. The van der Waals surface area contributed by atoms with E-state index >= 15 is 0 Å². The quantitative estimate of drug-likeness (QED) is 0.726. The van der Waals surface area contributed by atoms with Crippen molar-refractivity contribution in [2.45, 2.75) is 19.0 Å². The number of amides is 2. The highest BCUT2D eigenvalue weighted by Gasteiger charge is 2.32. The van der Waals surface area contributed by atoms with Gasteiger partial charge in [0.05, 0.1) is 42.1 Å². The van der Waals surface area contributed by atoms with E-state index in [1.807, 2.05) is 0 Å². The Balaban J connectivity index is 1.66. The van der Waals surface area contributed by atoms with Crippen LogP contribution in [0.15, 0.2) is 47.1 Å². The van der Waals surface area contributed by atoms with Gasteiger partial charge in [-0.15, -0.1) is 0 Å². The van der Waals surface area contributed by atoms with Gasteiger partial charge in [-0.2, -0.15) is 0 Å². The molecule has 1 aliphatic rings. The highest BCUT2D eigenvalue weighted by atomic mass is 32.2. The molecule has 0 saturated carbocycles. The Morgan fingerprint density at radius 3 is 2.59 bits per heavy atom. The monoisotopic (exact) mass is 419 g/mol. The van der Waals surface area contributed by atoms with Crippen molar-refractivity contribution < 1.29 is 22.4 Å². The number of furan rings is 1. The topological polar surface area (TPSA) is 99.9 Å². The summed E-state index contributed by atoms with van der Waals surface area (Å²) in [5.74, 6) is 0.333. The molecule has 0 radical (unpaired) electrons. The zero-order chi connectivity index (χ0) is 21.0. The summed E-state index contributed by atoms with van der Waals surface area (Å²) in [7, 11) is 0.342. The fraction of sp³-hybridized carbons (Fsp3) is 0.400. The van der Waals surface area contributed by atoms with Gasteiger partial charge in [0.2, 0.25) is 5.91 Å². The molecule has 9 heteroatoms. The van der Waals surface area contributed by atoms with Crippen molar-refractivity contribution in [3.8, 4) is 0 Å². The van der Waals surface area contributed by atoms with E-state index in [0.717, 1.165) is 0 Å². The molecule has 8 nitrogen and oxygen atoms in total. The molecule has 1 N–H and O–H groups in total. The lowest BCUT2D eigenvalue weighted by molar-refractivity contribution is -0.119. The van der Waals surface area contributed by atoms with Gasteiger partial charge in [-0.3, -0.25) is 14.5 Å². The lowest BCUT2D eigenvalue weighted by atomic mass is 10.1. The van der Waals surface area contributed by atoms with Crippen LogP contribution in [0.5, 0.6) is 0 Å². The number of carbonyl (C=O) groups excluding carboxylic acids is 2. The van der Waals surface area contributed by atoms with Crippen molar-refractivity contribution in [1.29, 1.82) is 0 Å². The highest BCUT2D eigenvalue weighted by molar-refractivity contribution is 7.91. The van der Waals surface area contributed by atoms with Crippen LogP contribution < -0.4 is 10.2 Å². The predicted molar refractivity (Wildman–Crippen MR) is 109 cm³/mol. The molecule has 1 fully saturated rings. The molecule has 2 amide bonds. The molecule has 1 unspecified atom stereocenters. The van der Waals surface area contributed by atoms with E-state index in [-0.39, 0.29) is 42.5 Å². The fourth-order valence-corrected chi connectivity index (χ4v) is 5.15. The zero-order valence-corrected chi connectivity index (χ0v) is 17.3. The van der Waals surface area contributed by atoms with E-state index in [9.17, 15) is 18.0 Å². The lowest BCUT2D eigenvalue weighted by Crippen LogP contribution is -2.42. The summed E-state index contributed by atoms with van der Waals surface area (Å²) in [6.45, 7) is 0.315.